The van der Waals surface area contributed by atoms with Crippen molar-refractivity contribution in [2.24, 2.45) is 5.84 Å². The molecule has 0 saturated heterocycles. The van der Waals surface area contributed by atoms with Crippen molar-refractivity contribution in [2.75, 3.05) is 12.1 Å². The largest absolute Gasteiger partial charge is 0.497 e. The van der Waals surface area contributed by atoms with Crippen LogP contribution in [0.4, 0.5) is 5.69 Å². The molecule has 2 rings (SSSR count). The van der Waals surface area contributed by atoms with Crippen molar-refractivity contribution in [3.8, 4) is 5.75 Å². The van der Waals surface area contributed by atoms with E-state index in [1.165, 1.54) is 0 Å². The molecule has 0 fully saturated rings. The molecule has 5 heteroatoms. The zero-order chi connectivity index (χ0) is 13.7. The molecule has 1 amide bonds. The Morgan fingerprint density at radius 3 is 2.25 bits per heavy atom. The lowest BCUT2D eigenvalue weighted by molar-refractivity contribution is -0.118. The number of anilines is 1. The molecule has 2 aromatic rings. The summed E-state index contributed by atoms with van der Waals surface area (Å²) in [5, 5.41) is 1.16. The molecule has 0 saturated carbocycles. The zero-order valence-corrected chi connectivity index (χ0v) is 12.0. The summed E-state index contributed by atoms with van der Waals surface area (Å²) >= 11 is 0. The van der Waals surface area contributed by atoms with E-state index in [0.29, 0.717) is 5.69 Å². The smallest absolute Gasteiger partial charge is 0.245 e. The number of nitrogens with two attached hydrogens (primary N) is 1. The van der Waals surface area contributed by atoms with Gasteiger partial charge >= 0.3 is 0 Å². The summed E-state index contributed by atoms with van der Waals surface area (Å²) in [5.41, 5.74) is 1.58. The number of amides is 1. The summed E-state index contributed by atoms with van der Waals surface area (Å²) in [6, 6.07) is 16.6. The van der Waals surface area contributed by atoms with E-state index in [-0.39, 0.29) is 24.7 Å². The maximum atomic E-state index is 12.0. The number of carbonyl (C=O) groups is 1. The van der Waals surface area contributed by atoms with E-state index in [1.54, 1.807) is 31.4 Å². The lowest BCUT2D eigenvalue weighted by atomic mass is 10.1. The van der Waals surface area contributed by atoms with Crippen LogP contribution >= 0.6 is 12.4 Å². The molecule has 0 aliphatic rings. The molecule has 0 aliphatic carbocycles. The fourth-order valence-electron chi connectivity index (χ4n) is 1.74. The van der Waals surface area contributed by atoms with Crippen molar-refractivity contribution in [3.63, 3.8) is 0 Å². The molecule has 0 spiro atoms. The Hall–Kier alpha value is -2.04. The molecular formula is C15H17ClN2O2. The van der Waals surface area contributed by atoms with Gasteiger partial charge in [0.1, 0.15) is 5.75 Å². The summed E-state index contributed by atoms with van der Waals surface area (Å²) in [7, 11) is 1.59. The topological polar surface area (TPSA) is 55.6 Å². The molecule has 106 valence electrons. The van der Waals surface area contributed by atoms with Crippen LogP contribution in [0, 0.1) is 0 Å². The summed E-state index contributed by atoms with van der Waals surface area (Å²) in [4.78, 5) is 12.0. The van der Waals surface area contributed by atoms with E-state index < -0.39 is 0 Å². The Morgan fingerprint density at radius 2 is 1.70 bits per heavy atom. The molecule has 0 atom stereocenters. The predicted molar refractivity (Wildman–Crippen MR) is 82.1 cm³/mol. The zero-order valence-electron chi connectivity index (χ0n) is 11.2. The highest BCUT2D eigenvalue weighted by atomic mass is 35.5. The van der Waals surface area contributed by atoms with Crippen molar-refractivity contribution in [2.45, 2.75) is 6.42 Å². The van der Waals surface area contributed by atoms with Gasteiger partial charge in [0.25, 0.3) is 0 Å². The number of rotatable bonds is 4. The van der Waals surface area contributed by atoms with Crippen LogP contribution in [0.1, 0.15) is 5.56 Å². The first-order valence-corrected chi connectivity index (χ1v) is 5.96. The van der Waals surface area contributed by atoms with E-state index in [9.17, 15) is 4.79 Å². The first kappa shape index (κ1) is 16.0. The maximum Gasteiger partial charge on any atom is 0.245 e. The van der Waals surface area contributed by atoms with E-state index >= 15 is 0 Å². The summed E-state index contributed by atoms with van der Waals surface area (Å²) in [6.07, 6.45) is 0.281. The lowest BCUT2D eigenvalue weighted by Crippen LogP contribution is -2.38. The highest BCUT2D eigenvalue weighted by molar-refractivity contribution is 5.93. The van der Waals surface area contributed by atoms with Gasteiger partial charge in [-0.1, -0.05) is 30.3 Å². The number of ether oxygens (including phenoxy) is 1. The minimum Gasteiger partial charge on any atom is -0.497 e. The standard InChI is InChI=1S/C15H16N2O2.ClH/c1-19-14-9-7-13(8-10-14)17(16)15(18)11-12-5-3-2-4-6-12;/h2-10H,11,16H2,1H3;1H. The fraction of sp³-hybridized carbons (Fsp3) is 0.133. The third-order valence-corrected chi connectivity index (χ3v) is 2.82. The van der Waals surface area contributed by atoms with Crippen molar-refractivity contribution in [3.05, 3.63) is 60.2 Å². The van der Waals surface area contributed by atoms with Crippen molar-refractivity contribution >= 4 is 24.0 Å². The lowest BCUT2D eigenvalue weighted by Gasteiger charge is -2.17. The number of carbonyl (C=O) groups excluding carboxylic acids is 1. The summed E-state index contributed by atoms with van der Waals surface area (Å²) in [5.74, 6) is 6.39. The Morgan fingerprint density at radius 1 is 1.10 bits per heavy atom. The summed E-state index contributed by atoms with van der Waals surface area (Å²) < 4.78 is 5.06. The molecular weight excluding hydrogens is 276 g/mol. The van der Waals surface area contributed by atoms with Crippen molar-refractivity contribution < 1.29 is 9.53 Å². The van der Waals surface area contributed by atoms with Gasteiger partial charge in [-0.2, -0.15) is 0 Å². The first-order chi connectivity index (χ1) is 9.20. The van der Waals surface area contributed by atoms with E-state index in [4.69, 9.17) is 10.6 Å². The van der Waals surface area contributed by atoms with Crippen LogP contribution in [0.2, 0.25) is 0 Å². The molecule has 20 heavy (non-hydrogen) atoms. The Labute approximate surface area is 124 Å². The van der Waals surface area contributed by atoms with Gasteiger partial charge in [-0.3, -0.25) is 4.79 Å². The highest BCUT2D eigenvalue weighted by Gasteiger charge is 2.12. The van der Waals surface area contributed by atoms with Crippen LogP contribution in [-0.2, 0) is 11.2 Å². The molecule has 0 radical (unpaired) electrons. The van der Waals surface area contributed by atoms with E-state index in [2.05, 4.69) is 0 Å². The van der Waals surface area contributed by atoms with Gasteiger partial charge in [0.05, 0.1) is 19.2 Å². The Kier molecular flexibility index (Phi) is 6.03. The number of hydrazine groups is 1. The second-order valence-electron chi connectivity index (χ2n) is 4.12. The minimum atomic E-state index is -0.156. The third-order valence-electron chi connectivity index (χ3n) is 2.82. The predicted octanol–water partition coefficient (Wildman–Crippen LogP) is 2.57. The molecule has 2 N–H and O–H groups in total. The second-order valence-corrected chi connectivity index (χ2v) is 4.12. The average molecular weight is 293 g/mol. The van der Waals surface area contributed by atoms with Gasteiger partial charge in [-0.05, 0) is 29.8 Å². The number of hydrogen-bond donors (Lipinski definition) is 1. The fourth-order valence-corrected chi connectivity index (χ4v) is 1.74. The normalized spacial score (nSPS) is 9.50. The molecule has 0 heterocycles. The number of nitrogens with zero attached hydrogens (tertiary/aromatic N) is 1. The van der Waals surface area contributed by atoms with Crippen LogP contribution in [-0.4, -0.2) is 13.0 Å². The van der Waals surface area contributed by atoms with Crippen LogP contribution in [0.15, 0.2) is 54.6 Å². The van der Waals surface area contributed by atoms with Crippen molar-refractivity contribution in [1.29, 1.82) is 0 Å². The van der Waals surface area contributed by atoms with Crippen LogP contribution < -0.4 is 15.6 Å². The molecule has 0 aromatic heterocycles. The maximum absolute atomic E-state index is 12.0. The number of hydrogen-bond acceptors (Lipinski definition) is 3. The Balaban J connectivity index is 0.00000200. The molecule has 0 bridgehead atoms. The molecule has 0 aliphatic heterocycles. The highest BCUT2D eigenvalue weighted by Crippen LogP contribution is 2.17. The van der Waals surface area contributed by atoms with Crippen molar-refractivity contribution in [1.82, 2.24) is 0 Å². The van der Waals surface area contributed by atoms with Gasteiger partial charge in [-0.25, -0.2) is 10.9 Å². The van der Waals surface area contributed by atoms with Crippen LogP contribution in [0.5, 0.6) is 5.75 Å². The van der Waals surface area contributed by atoms with Crippen LogP contribution in [0.25, 0.3) is 0 Å². The van der Waals surface area contributed by atoms with Gasteiger partial charge in [0, 0.05) is 0 Å². The number of halogens is 1. The minimum absolute atomic E-state index is 0. The van der Waals surface area contributed by atoms with E-state index in [1.807, 2.05) is 30.3 Å². The van der Waals surface area contributed by atoms with Gasteiger partial charge in [0.2, 0.25) is 5.91 Å². The van der Waals surface area contributed by atoms with Gasteiger partial charge < -0.3 is 4.74 Å². The third kappa shape index (κ3) is 3.98. The van der Waals surface area contributed by atoms with Gasteiger partial charge in [-0.15, -0.1) is 12.4 Å². The SMILES string of the molecule is COc1ccc(N(N)C(=O)Cc2ccccc2)cc1.Cl. The first-order valence-electron chi connectivity index (χ1n) is 5.96. The number of benzene rings is 2. The molecule has 0 unspecified atom stereocenters. The monoisotopic (exact) mass is 292 g/mol. The quantitative estimate of drug-likeness (QED) is 0.535. The molecule has 4 nitrogen and oxygen atoms in total. The Bertz CT molecular complexity index is 544. The van der Waals surface area contributed by atoms with Crippen LogP contribution in [0.3, 0.4) is 0 Å². The number of methoxy groups -OCH3 is 1. The summed E-state index contributed by atoms with van der Waals surface area (Å²) in [6.45, 7) is 0. The van der Waals surface area contributed by atoms with E-state index in [0.717, 1.165) is 16.3 Å². The second kappa shape index (κ2) is 7.53. The molecule has 2 aromatic carbocycles. The average Bonchev–Trinajstić information content (AvgIpc) is 2.47. The van der Waals surface area contributed by atoms with Gasteiger partial charge in [0.15, 0.2) is 0 Å².